The van der Waals surface area contributed by atoms with Crippen molar-refractivity contribution >= 4 is 34.0 Å². The number of para-hydroxylation sites is 1. The summed E-state index contributed by atoms with van der Waals surface area (Å²) in [5, 5.41) is 10.8. The Morgan fingerprint density at radius 2 is 1.92 bits per heavy atom. The number of amides is 1. The van der Waals surface area contributed by atoms with E-state index in [1.807, 2.05) is 37.3 Å². The Labute approximate surface area is 149 Å². The number of rotatable bonds is 4. The summed E-state index contributed by atoms with van der Waals surface area (Å²) in [6.07, 6.45) is 3.26. The maximum Gasteiger partial charge on any atom is 0.274 e. The molecule has 4 aromatic rings. The summed E-state index contributed by atoms with van der Waals surface area (Å²) in [5.74, 6) is 0.949. The first-order valence-corrected chi connectivity index (χ1v) is 8.00. The molecule has 1 amide bonds. The van der Waals surface area contributed by atoms with Gasteiger partial charge in [0.25, 0.3) is 5.91 Å². The second-order valence-corrected chi connectivity index (χ2v) is 5.71. The van der Waals surface area contributed by atoms with Gasteiger partial charge in [-0.1, -0.05) is 23.4 Å². The topological polar surface area (TPSA) is 92.9 Å². The smallest absolute Gasteiger partial charge is 0.274 e. The third-order valence-electron chi connectivity index (χ3n) is 3.77. The average molecular weight is 345 g/mol. The molecule has 3 heterocycles. The molecule has 0 atom stereocenters. The van der Waals surface area contributed by atoms with E-state index in [2.05, 4.69) is 25.8 Å². The molecule has 1 aromatic carbocycles. The molecule has 4 rings (SSSR count). The van der Waals surface area contributed by atoms with Gasteiger partial charge < -0.3 is 15.2 Å². The molecule has 0 bridgehead atoms. The first-order valence-electron chi connectivity index (χ1n) is 8.00. The van der Waals surface area contributed by atoms with Crippen LogP contribution in [0.1, 0.15) is 16.2 Å². The average Bonchev–Trinajstić information content (AvgIpc) is 3.07. The number of benzene rings is 1. The van der Waals surface area contributed by atoms with Crippen LogP contribution in [0.2, 0.25) is 0 Å². The summed E-state index contributed by atoms with van der Waals surface area (Å²) in [6, 6.07) is 14.6. The fraction of sp³-hybridized carbons (Fsp3) is 0.0526. The lowest BCUT2D eigenvalue weighted by Gasteiger charge is -2.08. The van der Waals surface area contributed by atoms with Gasteiger partial charge in [0.15, 0.2) is 5.82 Å². The standard InChI is InChI=1S/C19H15N5O2/c1-12-10-17(24-26-12)22-14-7-9-20-16(11-14)19(25)23-15-6-2-4-13-5-3-8-21-18(13)15/h2-11H,1H3,(H,23,25)(H,20,22,24). The van der Waals surface area contributed by atoms with Gasteiger partial charge in [-0.25, -0.2) is 0 Å². The van der Waals surface area contributed by atoms with Crippen LogP contribution in [0.3, 0.4) is 0 Å². The van der Waals surface area contributed by atoms with Gasteiger partial charge in [-0.05, 0) is 31.2 Å². The summed E-state index contributed by atoms with van der Waals surface area (Å²) in [6.45, 7) is 1.81. The minimum atomic E-state index is -0.317. The summed E-state index contributed by atoms with van der Waals surface area (Å²) >= 11 is 0. The lowest BCUT2D eigenvalue weighted by molar-refractivity contribution is 0.102. The minimum Gasteiger partial charge on any atom is -0.360 e. The van der Waals surface area contributed by atoms with Crippen molar-refractivity contribution in [2.75, 3.05) is 10.6 Å². The molecule has 0 spiro atoms. The Balaban J connectivity index is 1.57. The van der Waals surface area contributed by atoms with E-state index in [0.29, 0.717) is 23.0 Å². The largest absolute Gasteiger partial charge is 0.360 e. The van der Waals surface area contributed by atoms with Crippen LogP contribution in [0, 0.1) is 6.92 Å². The number of carbonyl (C=O) groups excluding carboxylic acids is 1. The van der Waals surface area contributed by atoms with Gasteiger partial charge in [0.2, 0.25) is 0 Å². The van der Waals surface area contributed by atoms with Gasteiger partial charge in [0.05, 0.1) is 11.2 Å². The summed E-state index contributed by atoms with van der Waals surface area (Å²) in [5.41, 5.74) is 2.34. The molecule has 7 heteroatoms. The van der Waals surface area contributed by atoms with Crippen molar-refractivity contribution in [1.82, 2.24) is 15.1 Å². The Bertz CT molecular complexity index is 1080. The third-order valence-corrected chi connectivity index (χ3v) is 3.77. The van der Waals surface area contributed by atoms with Crippen LogP contribution in [-0.4, -0.2) is 21.0 Å². The Morgan fingerprint density at radius 1 is 1.04 bits per heavy atom. The fourth-order valence-corrected chi connectivity index (χ4v) is 2.60. The zero-order valence-electron chi connectivity index (χ0n) is 13.9. The molecular formula is C19H15N5O2. The summed E-state index contributed by atoms with van der Waals surface area (Å²) in [4.78, 5) is 21.1. The Kier molecular flexibility index (Phi) is 4.03. The summed E-state index contributed by atoms with van der Waals surface area (Å²) < 4.78 is 5.02. The van der Waals surface area contributed by atoms with Gasteiger partial charge in [-0.2, -0.15) is 0 Å². The number of hydrogen-bond acceptors (Lipinski definition) is 6. The van der Waals surface area contributed by atoms with Crippen molar-refractivity contribution in [3.05, 3.63) is 72.4 Å². The first-order chi connectivity index (χ1) is 12.7. The quantitative estimate of drug-likeness (QED) is 0.582. The molecule has 26 heavy (non-hydrogen) atoms. The highest BCUT2D eigenvalue weighted by Crippen LogP contribution is 2.22. The molecule has 0 fully saturated rings. The van der Waals surface area contributed by atoms with Crippen molar-refractivity contribution in [3.8, 4) is 0 Å². The van der Waals surface area contributed by atoms with Crippen LogP contribution >= 0.6 is 0 Å². The maximum absolute atomic E-state index is 12.6. The second-order valence-electron chi connectivity index (χ2n) is 5.71. The molecule has 0 unspecified atom stereocenters. The third kappa shape index (κ3) is 3.23. The number of aromatic nitrogens is 3. The first kappa shape index (κ1) is 15.8. The zero-order chi connectivity index (χ0) is 17.9. The lowest BCUT2D eigenvalue weighted by Crippen LogP contribution is -2.14. The Hall–Kier alpha value is -3.74. The van der Waals surface area contributed by atoms with Crippen LogP contribution in [0.5, 0.6) is 0 Å². The van der Waals surface area contributed by atoms with Crippen LogP contribution in [0.25, 0.3) is 10.9 Å². The molecule has 2 N–H and O–H groups in total. The van der Waals surface area contributed by atoms with E-state index < -0.39 is 0 Å². The van der Waals surface area contributed by atoms with Gasteiger partial charge in [-0.15, -0.1) is 0 Å². The van der Waals surface area contributed by atoms with Gasteiger partial charge in [-0.3, -0.25) is 14.8 Å². The number of nitrogens with one attached hydrogen (secondary N) is 2. The molecule has 0 aliphatic carbocycles. The minimum absolute atomic E-state index is 0.281. The van der Waals surface area contributed by atoms with E-state index >= 15 is 0 Å². The van der Waals surface area contributed by atoms with Crippen molar-refractivity contribution in [2.24, 2.45) is 0 Å². The van der Waals surface area contributed by atoms with Gasteiger partial charge >= 0.3 is 0 Å². The van der Waals surface area contributed by atoms with Crippen molar-refractivity contribution in [2.45, 2.75) is 6.92 Å². The van der Waals surface area contributed by atoms with Crippen molar-refractivity contribution in [1.29, 1.82) is 0 Å². The van der Waals surface area contributed by atoms with Crippen LogP contribution < -0.4 is 10.6 Å². The number of fused-ring (bicyclic) bond motifs is 1. The molecular weight excluding hydrogens is 330 g/mol. The SMILES string of the molecule is Cc1cc(Nc2ccnc(C(=O)Nc3cccc4cccnc34)c2)no1. The molecule has 7 nitrogen and oxygen atoms in total. The highest BCUT2D eigenvalue weighted by molar-refractivity contribution is 6.07. The highest BCUT2D eigenvalue weighted by atomic mass is 16.5. The highest BCUT2D eigenvalue weighted by Gasteiger charge is 2.11. The summed E-state index contributed by atoms with van der Waals surface area (Å²) in [7, 11) is 0. The molecule has 0 saturated heterocycles. The lowest BCUT2D eigenvalue weighted by atomic mass is 10.2. The normalized spacial score (nSPS) is 10.7. The van der Waals surface area contributed by atoms with E-state index in [4.69, 9.17) is 4.52 Å². The number of hydrogen-bond donors (Lipinski definition) is 2. The molecule has 0 saturated carbocycles. The predicted octanol–water partition coefficient (Wildman–Crippen LogP) is 3.92. The molecule has 3 aromatic heterocycles. The number of pyridine rings is 2. The maximum atomic E-state index is 12.6. The van der Waals surface area contributed by atoms with Crippen LogP contribution in [0.15, 0.2) is 65.4 Å². The van der Waals surface area contributed by atoms with Crippen molar-refractivity contribution < 1.29 is 9.32 Å². The van der Waals surface area contributed by atoms with Crippen LogP contribution in [0.4, 0.5) is 17.2 Å². The Morgan fingerprint density at radius 3 is 2.77 bits per heavy atom. The van der Waals surface area contributed by atoms with Gasteiger partial charge in [0, 0.05) is 29.5 Å². The number of anilines is 3. The second kappa shape index (κ2) is 6.64. The van der Waals surface area contributed by atoms with Gasteiger partial charge in [0.1, 0.15) is 11.5 Å². The van der Waals surface area contributed by atoms with E-state index in [0.717, 1.165) is 10.9 Å². The fourth-order valence-electron chi connectivity index (χ4n) is 2.60. The van der Waals surface area contributed by atoms with E-state index in [1.165, 1.54) is 0 Å². The molecule has 0 radical (unpaired) electrons. The predicted molar refractivity (Wildman–Crippen MR) is 98.5 cm³/mol. The van der Waals surface area contributed by atoms with Crippen molar-refractivity contribution in [3.63, 3.8) is 0 Å². The number of aryl methyl sites for hydroxylation is 1. The molecule has 0 aliphatic heterocycles. The van der Waals surface area contributed by atoms with Crippen LogP contribution in [-0.2, 0) is 0 Å². The number of carbonyl (C=O) groups is 1. The van der Waals surface area contributed by atoms with E-state index in [9.17, 15) is 4.79 Å². The number of nitrogens with zero attached hydrogens (tertiary/aromatic N) is 3. The molecule has 128 valence electrons. The monoisotopic (exact) mass is 345 g/mol. The zero-order valence-corrected chi connectivity index (χ0v) is 13.9. The van der Waals surface area contributed by atoms with E-state index in [-0.39, 0.29) is 11.6 Å². The molecule has 0 aliphatic rings. The van der Waals surface area contributed by atoms with E-state index in [1.54, 1.807) is 30.6 Å².